The maximum atomic E-state index is 4.74. The Hall–Kier alpha value is -2.28. The summed E-state index contributed by atoms with van der Waals surface area (Å²) in [5, 5.41) is 4.52. The van der Waals surface area contributed by atoms with Crippen molar-refractivity contribution in [1.29, 1.82) is 0 Å². The molecule has 0 amide bonds. The molecule has 1 aliphatic heterocycles. The van der Waals surface area contributed by atoms with Crippen LogP contribution in [0.25, 0.3) is 5.78 Å². The van der Waals surface area contributed by atoms with Crippen molar-refractivity contribution in [2.24, 2.45) is 0 Å². The molecular formula is C18H25N7. The lowest BCUT2D eigenvalue weighted by Crippen LogP contribution is -2.33. The normalized spacial score (nSPS) is 18.5. The minimum atomic E-state index is 0.486. The van der Waals surface area contributed by atoms with Gasteiger partial charge in [0, 0.05) is 30.2 Å². The average molecular weight is 339 g/mol. The Kier molecular flexibility index (Phi) is 4.03. The van der Waals surface area contributed by atoms with Crippen LogP contribution >= 0.6 is 0 Å². The Morgan fingerprint density at radius 2 is 1.96 bits per heavy atom. The van der Waals surface area contributed by atoms with Crippen molar-refractivity contribution in [3.05, 3.63) is 41.0 Å². The van der Waals surface area contributed by atoms with Gasteiger partial charge in [-0.05, 0) is 53.1 Å². The molecule has 1 aliphatic rings. The lowest BCUT2D eigenvalue weighted by Gasteiger charge is -2.23. The molecule has 3 aromatic heterocycles. The first-order chi connectivity index (χ1) is 12.0. The molecule has 0 unspecified atom stereocenters. The van der Waals surface area contributed by atoms with Gasteiger partial charge in [0.2, 0.25) is 5.78 Å². The van der Waals surface area contributed by atoms with Gasteiger partial charge in [-0.25, -0.2) is 19.6 Å². The second-order valence-corrected chi connectivity index (χ2v) is 7.10. The van der Waals surface area contributed by atoms with E-state index >= 15 is 0 Å². The fraction of sp³-hybridized carbons (Fsp3) is 0.556. The fourth-order valence-electron chi connectivity index (χ4n) is 3.85. The lowest BCUT2D eigenvalue weighted by atomic mass is 10.2. The summed E-state index contributed by atoms with van der Waals surface area (Å²) in [6.45, 7) is 11.0. The van der Waals surface area contributed by atoms with Crippen molar-refractivity contribution in [3.8, 4) is 0 Å². The summed E-state index contributed by atoms with van der Waals surface area (Å²) in [5.74, 6) is 2.64. The second kappa shape index (κ2) is 6.22. The van der Waals surface area contributed by atoms with E-state index in [0.717, 1.165) is 48.4 Å². The van der Waals surface area contributed by atoms with Crippen LogP contribution in [0.2, 0.25) is 0 Å². The summed E-state index contributed by atoms with van der Waals surface area (Å²) >= 11 is 0. The van der Waals surface area contributed by atoms with E-state index in [1.54, 1.807) is 0 Å². The highest BCUT2D eigenvalue weighted by atomic mass is 15.4. The zero-order valence-corrected chi connectivity index (χ0v) is 15.4. The Morgan fingerprint density at radius 3 is 2.72 bits per heavy atom. The predicted molar refractivity (Wildman–Crippen MR) is 95.4 cm³/mol. The molecular weight excluding hydrogens is 314 g/mol. The maximum absolute atomic E-state index is 4.74. The summed E-state index contributed by atoms with van der Waals surface area (Å²) in [6.07, 6.45) is 4.54. The average Bonchev–Trinajstić information content (AvgIpc) is 3.21. The Balaban J connectivity index is 1.53. The topological polar surface area (TPSA) is 64.1 Å². The molecule has 0 bridgehead atoms. The van der Waals surface area contributed by atoms with Crippen LogP contribution in [0.3, 0.4) is 0 Å². The van der Waals surface area contributed by atoms with Crippen LogP contribution in [0.1, 0.15) is 41.6 Å². The van der Waals surface area contributed by atoms with Crippen LogP contribution in [0.15, 0.2) is 12.3 Å². The van der Waals surface area contributed by atoms with Crippen molar-refractivity contribution in [1.82, 2.24) is 34.0 Å². The molecule has 0 saturated carbocycles. The molecule has 0 aliphatic carbocycles. The number of aromatic nitrogens is 6. The van der Waals surface area contributed by atoms with Crippen LogP contribution in [0.5, 0.6) is 0 Å². The van der Waals surface area contributed by atoms with Gasteiger partial charge in [0.25, 0.3) is 0 Å². The number of hydrogen-bond acceptors (Lipinski definition) is 5. The Bertz CT molecular complexity index is 908. The van der Waals surface area contributed by atoms with E-state index in [9.17, 15) is 0 Å². The van der Waals surface area contributed by atoms with E-state index in [1.807, 2.05) is 25.5 Å². The zero-order valence-electron chi connectivity index (χ0n) is 15.4. The van der Waals surface area contributed by atoms with Crippen LogP contribution in [0, 0.1) is 27.7 Å². The van der Waals surface area contributed by atoms with E-state index in [2.05, 4.69) is 43.6 Å². The van der Waals surface area contributed by atoms with Crippen LogP contribution in [-0.2, 0) is 13.1 Å². The largest absolute Gasteiger partial charge is 0.293 e. The minimum Gasteiger partial charge on any atom is -0.293 e. The molecule has 3 aromatic rings. The number of imidazole rings is 1. The van der Waals surface area contributed by atoms with Gasteiger partial charge in [-0.15, -0.1) is 0 Å². The molecule has 1 fully saturated rings. The zero-order chi connectivity index (χ0) is 17.6. The van der Waals surface area contributed by atoms with Crippen molar-refractivity contribution < 1.29 is 0 Å². The van der Waals surface area contributed by atoms with E-state index in [4.69, 9.17) is 4.98 Å². The predicted octanol–water partition coefficient (Wildman–Crippen LogP) is 2.22. The second-order valence-electron chi connectivity index (χ2n) is 7.10. The van der Waals surface area contributed by atoms with Gasteiger partial charge in [0.15, 0.2) is 0 Å². The number of aryl methyl sites for hydroxylation is 4. The van der Waals surface area contributed by atoms with Crippen molar-refractivity contribution in [2.75, 3.05) is 6.54 Å². The summed E-state index contributed by atoms with van der Waals surface area (Å²) in [5.41, 5.74) is 3.27. The molecule has 0 N–H and O–H groups in total. The maximum Gasteiger partial charge on any atom is 0.234 e. The number of fused-ring (bicyclic) bond motifs is 1. The lowest BCUT2D eigenvalue weighted by molar-refractivity contribution is 0.216. The third-order valence-electron chi connectivity index (χ3n) is 5.02. The van der Waals surface area contributed by atoms with Gasteiger partial charge >= 0.3 is 0 Å². The molecule has 7 heteroatoms. The monoisotopic (exact) mass is 339 g/mol. The Labute approximate surface area is 147 Å². The number of hydrogen-bond donors (Lipinski definition) is 0. The highest BCUT2D eigenvalue weighted by Crippen LogP contribution is 2.22. The smallest absolute Gasteiger partial charge is 0.234 e. The first kappa shape index (κ1) is 16.2. The fourth-order valence-corrected chi connectivity index (χ4v) is 3.85. The van der Waals surface area contributed by atoms with Gasteiger partial charge in [-0.1, -0.05) is 0 Å². The van der Waals surface area contributed by atoms with Crippen molar-refractivity contribution in [2.45, 2.75) is 59.7 Å². The molecule has 132 valence electrons. The molecule has 7 nitrogen and oxygen atoms in total. The van der Waals surface area contributed by atoms with E-state index in [-0.39, 0.29) is 0 Å². The third-order valence-corrected chi connectivity index (χ3v) is 5.02. The summed E-state index contributed by atoms with van der Waals surface area (Å²) < 4.78 is 4.12. The van der Waals surface area contributed by atoms with Crippen LogP contribution < -0.4 is 0 Å². The molecule has 0 aromatic carbocycles. The van der Waals surface area contributed by atoms with Crippen LogP contribution in [0.4, 0.5) is 0 Å². The minimum absolute atomic E-state index is 0.486. The summed E-state index contributed by atoms with van der Waals surface area (Å²) in [6, 6.07) is 2.58. The molecule has 1 saturated heterocycles. The quantitative estimate of drug-likeness (QED) is 0.729. The van der Waals surface area contributed by atoms with Gasteiger partial charge < -0.3 is 0 Å². The van der Waals surface area contributed by atoms with Crippen LogP contribution in [-0.4, -0.2) is 46.6 Å². The summed E-state index contributed by atoms with van der Waals surface area (Å²) in [7, 11) is 0. The van der Waals surface area contributed by atoms with Gasteiger partial charge in [0.05, 0.1) is 12.2 Å². The molecule has 0 radical (unpaired) electrons. The first-order valence-electron chi connectivity index (χ1n) is 8.94. The van der Waals surface area contributed by atoms with E-state index in [1.165, 1.54) is 18.5 Å². The highest BCUT2D eigenvalue weighted by molar-refractivity contribution is 5.34. The van der Waals surface area contributed by atoms with Gasteiger partial charge in [-0.2, -0.15) is 5.10 Å². The molecule has 4 heterocycles. The van der Waals surface area contributed by atoms with Crippen molar-refractivity contribution in [3.63, 3.8) is 0 Å². The standard InChI is InChI=1S/C18H25N7/c1-12-8-13(2)24-10-16(21-18(24)19-12)9-23-7-5-6-17(23)11-25-15(4)20-14(3)22-25/h8,10,17H,5-7,9,11H2,1-4H3/t17-/m0/s1. The Morgan fingerprint density at radius 1 is 1.12 bits per heavy atom. The van der Waals surface area contributed by atoms with E-state index in [0.29, 0.717) is 6.04 Å². The highest BCUT2D eigenvalue weighted by Gasteiger charge is 2.26. The molecule has 0 spiro atoms. The molecule has 1 atom stereocenters. The number of likely N-dealkylation sites (tertiary alicyclic amines) is 1. The van der Waals surface area contributed by atoms with Gasteiger partial charge in [-0.3, -0.25) is 9.30 Å². The molecule has 4 rings (SSSR count). The number of rotatable bonds is 4. The first-order valence-corrected chi connectivity index (χ1v) is 8.94. The third kappa shape index (κ3) is 3.16. The summed E-state index contributed by atoms with van der Waals surface area (Å²) in [4.78, 5) is 16.2. The number of nitrogens with zero attached hydrogens (tertiary/aromatic N) is 7. The van der Waals surface area contributed by atoms with Crippen molar-refractivity contribution >= 4 is 5.78 Å². The van der Waals surface area contributed by atoms with E-state index < -0.39 is 0 Å². The van der Waals surface area contributed by atoms with Gasteiger partial charge in [0.1, 0.15) is 11.6 Å². The SMILES string of the molecule is Cc1cc(C)n2cc(CN3CCC[C@H]3Cn3nc(C)nc3C)nc2n1. The molecule has 25 heavy (non-hydrogen) atoms.